The van der Waals surface area contributed by atoms with E-state index in [2.05, 4.69) is 25.5 Å². The van der Waals surface area contributed by atoms with Crippen molar-refractivity contribution >= 4 is 40.2 Å². The fourth-order valence-corrected chi connectivity index (χ4v) is 5.81. The number of hydrogen-bond donors (Lipinski definition) is 4. The van der Waals surface area contributed by atoms with Gasteiger partial charge in [0, 0.05) is 24.5 Å². The number of nitrogens with one attached hydrogen (secondary N) is 3. The van der Waals surface area contributed by atoms with E-state index in [-0.39, 0.29) is 23.8 Å². The molecule has 0 fully saturated rings. The molecule has 2 heterocycles. The molecular formula is C32H37N5O3. The van der Waals surface area contributed by atoms with Gasteiger partial charge in [-0.25, -0.2) is 4.98 Å². The summed E-state index contributed by atoms with van der Waals surface area (Å²) in [6.07, 6.45) is 1.60. The fraction of sp³-hybridized carbons (Fsp3) is 0.344. The van der Waals surface area contributed by atoms with Gasteiger partial charge in [-0.15, -0.1) is 0 Å². The van der Waals surface area contributed by atoms with Crippen molar-refractivity contribution in [3.8, 4) is 0 Å². The minimum absolute atomic E-state index is 0.0664. The predicted octanol–water partition coefficient (Wildman–Crippen LogP) is 6.05. The number of rotatable bonds is 8. The number of carbonyl (C=O) groups is 2. The second kappa shape index (κ2) is 11.4. The van der Waals surface area contributed by atoms with E-state index < -0.39 is 11.9 Å². The van der Waals surface area contributed by atoms with Crippen LogP contribution in [0.1, 0.15) is 50.7 Å². The average molecular weight is 540 g/mol. The molecular weight excluding hydrogens is 502 g/mol. The van der Waals surface area contributed by atoms with Crippen LogP contribution in [-0.4, -0.2) is 40.0 Å². The first-order valence-electron chi connectivity index (χ1n) is 13.8. The molecule has 3 aromatic carbocycles. The first kappa shape index (κ1) is 27.2. The lowest BCUT2D eigenvalue weighted by Crippen LogP contribution is -2.37. The van der Waals surface area contributed by atoms with Gasteiger partial charge in [0.15, 0.2) is 0 Å². The monoisotopic (exact) mass is 539 g/mol. The molecule has 1 aliphatic rings. The van der Waals surface area contributed by atoms with E-state index in [9.17, 15) is 14.7 Å². The van der Waals surface area contributed by atoms with Crippen LogP contribution in [0.3, 0.4) is 0 Å². The number of imidazole rings is 1. The van der Waals surface area contributed by atoms with Gasteiger partial charge in [-0.2, -0.15) is 0 Å². The highest BCUT2D eigenvalue weighted by molar-refractivity contribution is 5.82. The average Bonchev–Trinajstić information content (AvgIpc) is 3.24. The number of carboxylic acid groups (broad SMARTS) is 1. The molecule has 5 rings (SSSR count). The highest BCUT2D eigenvalue weighted by Crippen LogP contribution is 2.45. The highest BCUT2D eigenvalue weighted by Gasteiger charge is 2.40. The zero-order valence-electron chi connectivity index (χ0n) is 23.3. The van der Waals surface area contributed by atoms with Gasteiger partial charge in [0.25, 0.3) is 0 Å². The summed E-state index contributed by atoms with van der Waals surface area (Å²) in [5.41, 5.74) is 5.37. The topological polar surface area (TPSA) is 110 Å². The summed E-state index contributed by atoms with van der Waals surface area (Å²) in [5, 5.41) is 16.4. The normalized spacial score (nSPS) is 16.2. The molecule has 0 bridgehead atoms. The van der Waals surface area contributed by atoms with Gasteiger partial charge in [-0.05, 0) is 65.6 Å². The van der Waals surface area contributed by atoms with E-state index in [1.54, 1.807) is 0 Å². The lowest BCUT2D eigenvalue weighted by atomic mass is 9.69. The Kier molecular flexibility index (Phi) is 7.78. The maximum Gasteiger partial charge on any atom is 0.307 e. The molecule has 4 aromatic rings. The Morgan fingerprint density at radius 2 is 1.77 bits per heavy atom. The van der Waals surface area contributed by atoms with Crippen molar-refractivity contribution in [1.82, 2.24) is 15.3 Å². The third-order valence-electron chi connectivity index (χ3n) is 7.65. The van der Waals surface area contributed by atoms with Crippen molar-refractivity contribution < 1.29 is 14.7 Å². The van der Waals surface area contributed by atoms with E-state index in [1.165, 1.54) is 0 Å². The molecule has 1 amide bonds. The second-order valence-corrected chi connectivity index (χ2v) is 11.6. The van der Waals surface area contributed by atoms with E-state index in [1.807, 2.05) is 93.6 Å². The van der Waals surface area contributed by atoms with Gasteiger partial charge < -0.3 is 25.6 Å². The summed E-state index contributed by atoms with van der Waals surface area (Å²) in [7, 11) is 0. The molecule has 0 saturated heterocycles. The van der Waals surface area contributed by atoms with Crippen LogP contribution in [0.2, 0.25) is 0 Å². The summed E-state index contributed by atoms with van der Waals surface area (Å²) in [6, 6.07) is 23.7. The van der Waals surface area contributed by atoms with E-state index >= 15 is 0 Å². The van der Waals surface area contributed by atoms with Crippen molar-refractivity contribution in [2.45, 2.75) is 46.1 Å². The van der Waals surface area contributed by atoms with Crippen LogP contribution < -0.4 is 15.5 Å². The molecule has 8 nitrogen and oxygen atoms in total. The summed E-state index contributed by atoms with van der Waals surface area (Å²) in [5.74, 6) is -0.764. The van der Waals surface area contributed by atoms with Gasteiger partial charge in [-0.1, -0.05) is 63.2 Å². The molecule has 4 N–H and O–H groups in total. The predicted molar refractivity (Wildman–Crippen MR) is 159 cm³/mol. The standard InChI is InChI=1S/C32H37N5O3/c1-32(2,3)29(30(39)40)24-10-8-18-37(27-13-7-4-9-23(24)27)20-28(38)33-19-21-14-16-22(17-15-21)34-31-35-25-11-5-6-12-26(25)36-31/h4-7,9,11-17,24,29H,8,10,18-20H2,1-3H3,(H,33,38)(H,39,40)(H2,34,35,36). The molecule has 1 aliphatic heterocycles. The molecule has 8 heteroatoms. The summed E-state index contributed by atoms with van der Waals surface area (Å²) >= 11 is 0. The molecule has 0 radical (unpaired) electrons. The van der Waals surface area contributed by atoms with Crippen molar-refractivity contribution in [1.29, 1.82) is 0 Å². The first-order valence-corrected chi connectivity index (χ1v) is 13.8. The summed E-state index contributed by atoms with van der Waals surface area (Å²) < 4.78 is 0. The number of aromatic nitrogens is 2. The third-order valence-corrected chi connectivity index (χ3v) is 7.65. The fourth-order valence-electron chi connectivity index (χ4n) is 5.81. The quantitative estimate of drug-likeness (QED) is 0.217. The van der Waals surface area contributed by atoms with E-state index in [0.717, 1.165) is 46.4 Å². The maximum absolute atomic E-state index is 13.0. The summed E-state index contributed by atoms with van der Waals surface area (Å²) in [6.45, 7) is 7.33. The van der Waals surface area contributed by atoms with Gasteiger partial charge >= 0.3 is 5.97 Å². The lowest BCUT2D eigenvalue weighted by molar-refractivity contribution is -0.146. The number of benzene rings is 3. The molecule has 208 valence electrons. The van der Waals surface area contributed by atoms with Crippen LogP contribution in [-0.2, 0) is 16.1 Å². The van der Waals surface area contributed by atoms with Crippen LogP contribution in [0, 0.1) is 11.3 Å². The molecule has 0 spiro atoms. The number of fused-ring (bicyclic) bond motifs is 2. The Hall–Kier alpha value is -4.33. The number of carbonyl (C=O) groups excluding carboxylic acids is 1. The second-order valence-electron chi connectivity index (χ2n) is 11.6. The van der Waals surface area contributed by atoms with E-state index in [4.69, 9.17) is 0 Å². The molecule has 0 aliphatic carbocycles. The van der Waals surface area contributed by atoms with Gasteiger partial charge in [0.2, 0.25) is 11.9 Å². The minimum atomic E-state index is -0.766. The van der Waals surface area contributed by atoms with Crippen LogP contribution in [0.15, 0.2) is 72.8 Å². The van der Waals surface area contributed by atoms with Gasteiger partial charge in [0.1, 0.15) is 0 Å². The number of amides is 1. The van der Waals surface area contributed by atoms with Gasteiger partial charge in [-0.3, -0.25) is 9.59 Å². The Bertz CT molecular complexity index is 1460. The highest BCUT2D eigenvalue weighted by atomic mass is 16.4. The molecule has 0 saturated carbocycles. The van der Waals surface area contributed by atoms with Crippen LogP contribution >= 0.6 is 0 Å². The number of anilines is 3. The van der Waals surface area contributed by atoms with Crippen molar-refractivity contribution in [2.75, 3.05) is 23.3 Å². The SMILES string of the molecule is CC(C)(C)C(C(=O)O)C1CCCN(CC(=O)NCc2ccc(Nc3nc4ccccc4[nH]3)cc2)c2ccccc21. The number of aliphatic carboxylic acids is 1. The number of aromatic amines is 1. The Balaban J connectivity index is 1.21. The van der Waals surface area contributed by atoms with E-state index in [0.29, 0.717) is 19.0 Å². The molecule has 2 unspecified atom stereocenters. The summed E-state index contributed by atoms with van der Waals surface area (Å²) in [4.78, 5) is 35.2. The van der Waals surface area contributed by atoms with Crippen LogP contribution in [0.25, 0.3) is 11.0 Å². The minimum Gasteiger partial charge on any atom is -0.481 e. The zero-order valence-corrected chi connectivity index (χ0v) is 23.3. The number of carboxylic acids is 1. The van der Waals surface area contributed by atoms with Crippen molar-refractivity contribution in [3.05, 3.63) is 83.9 Å². The first-order chi connectivity index (χ1) is 19.2. The Labute approximate surface area is 234 Å². The number of hydrogen-bond acceptors (Lipinski definition) is 5. The van der Waals surface area contributed by atoms with Crippen molar-refractivity contribution in [2.24, 2.45) is 11.3 Å². The lowest BCUT2D eigenvalue weighted by Gasteiger charge is -2.34. The molecule has 40 heavy (non-hydrogen) atoms. The smallest absolute Gasteiger partial charge is 0.307 e. The van der Waals surface area contributed by atoms with Crippen LogP contribution in [0.4, 0.5) is 17.3 Å². The number of H-pyrrole nitrogens is 1. The van der Waals surface area contributed by atoms with Crippen LogP contribution in [0.5, 0.6) is 0 Å². The largest absolute Gasteiger partial charge is 0.481 e. The zero-order chi connectivity index (χ0) is 28.3. The molecule has 1 aromatic heterocycles. The Morgan fingerprint density at radius 3 is 2.50 bits per heavy atom. The number of nitrogens with zero attached hydrogens (tertiary/aromatic N) is 2. The number of para-hydroxylation sites is 3. The maximum atomic E-state index is 13.0. The van der Waals surface area contributed by atoms with Crippen molar-refractivity contribution in [3.63, 3.8) is 0 Å². The van der Waals surface area contributed by atoms with Gasteiger partial charge in [0.05, 0.1) is 23.5 Å². The molecule has 2 atom stereocenters. The third kappa shape index (κ3) is 6.11. The Morgan fingerprint density at radius 1 is 1.05 bits per heavy atom.